The molecule has 2 nitrogen and oxygen atoms in total. The van der Waals surface area contributed by atoms with Crippen molar-refractivity contribution in [3.63, 3.8) is 0 Å². The molecule has 66 valence electrons. The molecule has 4 heteroatoms. The maximum Gasteiger partial charge on any atom is 0.220 e. The van der Waals surface area contributed by atoms with Crippen LogP contribution in [0.25, 0.3) is 0 Å². The predicted octanol–water partition coefficient (Wildman–Crippen LogP) is 1.48. The van der Waals surface area contributed by atoms with Crippen molar-refractivity contribution >= 4 is 29.3 Å². The fourth-order valence-corrected chi connectivity index (χ4v) is 1.05. The van der Waals surface area contributed by atoms with E-state index < -0.39 is 0 Å². The molecule has 1 N–H and O–H groups in total. The first kappa shape index (κ1) is 11.1. The van der Waals surface area contributed by atoms with E-state index >= 15 is 0 Å². The lowest BCUT2D eigenvalue weighted by Crippen LogP contribution is -2.25. The number of rotatable bonds is 6. The SMILES string of the molecule is CSCCNC(=O)CCCCl. The number of carbonyl (C=O) groups excluding carboxylic acids is 1. The number of nitrogens with one attached hydrogen (secondary N) is 1. The van der Waals surface area contributed by atoms with Gasteiger partial charge in [-0.2, -0.15) is 11.8 Å². The van der Waals surface area contributed by atoms with E-state index in [1.165, 1.54) is 0 Å². The van der Waals surface area contributed by atoms with Crippen LogP contribution in [0.2, 0.25) is 0 Å². The van der Waals surface area contributed by atoms with Crippen LogP contribution in [-0.4, -0.2) is 30.3 Å². The van der Waals surface area contributed by atoms with E-state index in [4.69, 9.17) is 11.6 Å². The van der Waals surface area contributed by atoms with Crippen LogP contribution in [0, 0.1) is 0 Å². The topological polar surface area (TPSA) is 29.1 Å². The van der Waals surface area contributed by atoms with Crippen molar-refractivity contribution in [2.24, 2.45) is 0 Å². The molecule has 11 heavy (non-hydrogen) atoms. The molecule has 0 fully saturated rings. The highest BCUT2D eigenvalue weighted by molar-refractivity contribution is 7.98. The number of thioether (sulfide) groups is 1. The van der Waals surface area contributed by atoms with Crippen LogP contribution in [0.1, 0.15) is 12.8 Å². The van der Waals surface area contributed by atoms with Crippen LogP contribution < -0.4 is 5.32 Å². The van der Waals surface area contributed by atoms with Crippen LogP contribution in [0.4, 0.5) is 0 Å². The highest BCUT2D eigenvalue weighted by Crippen LogP contribution is 1.92. The molecule has 0 aromatic rings. The first-order valence-electron chi connectivity index (χ1n) is 3.63. The number of amides is 1. The summed E-state index contributed by atoms with van der Waals surface area (Å²) in [4.78, 5) is 10.9. The van der Waals surface area contributed by atoms with Crippen LogP contribution in [0.15, 0.2) is 0 Å². The van der Waals surface area contributed by atoms with Crippen molar-refractivity contribution in [1.29, 1.82) is 0 Å². The minimum atomic E-state index is 0.111. The van der Waals surface area contributed by atoms with E-state index in [-0.39, 0.29) is 5.91 Å². The third-order valence-corrected chi connectivity index (χ3v) is 2.05. The molecule has 0 bridgehead atoms. The molecular formula is C7H14ClNOS. The number of halogens is 1. The summed E-state index contributed by atoms with van der Waals surface area (Å²) in [5.41, 5.74) is 0. The Morgan fingerprint density at radius 3 is 2.91 bits per heavy atom. The average Bonchev–Trinajstić information content (AvgIpc) is 2.01. The summed E-state index contributed by atoms with van der Waals surface area (Å²) in [6.07, 6.45) is 3.34. The van der Waals surface area contributed by atoms with Crippen molar-refractivity contribution in [2.45, 2.75) is 12.8 Å². The monoisotopic (exact) mass is 195 g/mol. The molecule has 0 heterocycles. The van der Waals surface area contributed by atoms with Gasteiger partial charge in [0.1, 0.15) is 0 Å². The highest BCUT2D eigenvalue weighted by atomic mass is 35.5. The third kappa shape index (κ3) is 8.01. The second-order valence-electron chi connectivity index (χ2n) is 2.14. The van der Waals surface area contributed by atoms with Gasteiger partial charge in [0, 0.05) is 24.6 Å². The summed E-state index contributed by atoms with van der Waals surface area (Å²) in [6, 6.07) is 0. The molecule has 0 aliphatic carbocycles. The number of hydrogen-bond acceptors (Lipinski definition) is 2. The van der Waals surface area contributed by atoms with Crippen molar-refractivity contribution in [3.8, 4) is 0 Å². The van der Waals surface area contributed by atoms with Crippen LogP contribution in [-0.2, 0) is 4.79 Å². The minimum Gasteiger partial charge on any atom is -0.355 e. The highest BCUT2D eigenvalue weighted by Gasteiger charge is 1.97. The summed E-state index contributed by atoms with van der Waals surface area (Å²) in [5.74, 6) is 1.66. The van der Waals surface area contributed by atoms with E-state index in [1.54, 1.807) is 11.8 Å². The quantitative estimate of drug-likeness (QED) is 0.514. The Balaban J connectivity index is 3.09. The zero-order chi connectivity index (χ0) is 8.53. The van der Waals surface area contributed by atoms with Gasteiger partial charge in [-0.15, -0.1) is 11.6 Å². The molecule has 0 rings (SSSR count). The fourth-order valence-electron chi connectivity index (χ4n) is 0.608. The van der Waals surface area contributed by atoms with Gasteiger partial charge in [-0.05, 0) is 12.7 Å². The van der Waals surface area contributed by atoms with Gasteiger partial charge in [-0.25, -0.2) is 0 Å². The zero-order valence-electron chi connectivity index (χ0n) is 6.73. The van der Waals surface area contributed by atoms with Crippen LogP contribution in [0.5, 0.6) is 0 Å². The van der Waals surface area contributed by atoms with Gasteiger partial charge in [-0.1, -0.05) is 0 Å². The Labute approximate surface area is 77.1 Å². The molecule has 0 radical (unpaired) electrons. The van der Waals surface area contributed by atoms with Gasteiger partial charge in [-0.3, -0.25) is 4.79 Å². The molecule has 0 saturated heterocycles. The standard InChI is InChI=1S/C7H14ClNOS/c1-11-6-5-9-7(10)3-2-4-8/h2-6H2,1H3,(H,9,10). The van der Waals surface area contributed by atoms with Gasteiger partial charge in [0.25, 0.3) is 0 Å². The summed E-state index contributed by atoms with van der Waals surface area (Å²) in [5, 5.41) is 2.80. The molecule has 0 unspecified atom stereocenters. The van der Waals surface area contributed by atoms with Gasteiger partial charge >= 0.3 is 0 Å². The lowest BCUT2D eigenvalue weighted by Gasteiger charge is -2.01. The maximum atomic E-state index is 10.9. The van der Waals surface area contributed by atoms with Crippen molar-refractivity contribution < 1.29 is 4.79 Å². The smallest absolute Gasteiger partial charge is 0.220 e. The Morgan fingerprint density at radius 2 is 2.36 bits per heavy atom. The Hall–Kier alpha value is 0.110. The summed E-state index contributed by atoms with van der Waals surface area (Å²) in [6.45, 7) is 0.766. The Bertz CT molecular complexity index is 111. The Kier molecular flexibility index (Phi) is 8.29. The van der Waals surface area contributed by atoms with Gasteiger partial charge in [0.2, 0.25) is 5.91 Å². The van der Waals surface area contributed by atoms with Gasteiger partial charge in [0.15, 0.2) is 0 Å². The third-order valence-electron chi connectivity index (χ3n) is 1.17. The van der Waals surface area contributed by atoms with Gasteiger partial charge < -0.3 is 5.32 Å². The molecule has 0 aliphatic heterocycles. The second-order valence-corrected chi connectivity index (χ2v) is 3.50. The second kappa shape index (κ2) is 8.21. The van der Waals surface area contributed by atoms with Crippen molar-refractivity contribution in [2.75, 3.05) is 24.4 Å². The minimum absolute atomic E-state index is 0.111. The Morgan fingerprint density at radius 1 is 1.64 bits per heavy atom. The first-order chi connectivity index (χ1) is 5.31. The molecule has 0 aromatic heterocycles. The summed E-state index contributed by atoms with van der Waals surface area (Å²) < 4.78 is 0. The number of carbonyl (C=O) groups is 1. The lowest BCUT2D eigenvalue weighted by molar-refractivity contribution is -0.120. The molecule has 0 aromatic carbocycles. The predicted molar refractivity (Wildman–Crippen MR) is 51.3 cm³/mol. The molecule has 1 amide bonds. The van der Waals surface area contributed by atoms with E-state index in [2.05, 4.69) is 5.32 Å². The zero-order valence-corrected chi connectivity index (χ0v) is 8.30. The largest absolute Gasteiger partial charge is 0.355 e. The maximum absolute atomic E-state index is 10.9. The van der Waals surface area contributed by atoms with Crippen molar-refractivity contribution in [1.82, 2.24) is 5.32 Å². The lowest BCUT2D eigenvalue weighted by atomic mass is 10.3. The number of alkyl halides is 1. The average molecular weight is 196 g/mol. The van der Waals surface area contributed by atoms with E-state index in [1.807, 2.05) is 6.26 Å². The van der Waals surface area contributed by atoms with Crippen LogP contribution in [0.3, 0.4) is 0 Å². The number of hydrogen-bond donors (Lipinski definition) is 1. The van der Waals surface area contributed by atoms with Crippen molar-refractivity contribution in [3.05, 3.63) is 0 Å². The molecule has 0 aliphatic rings. The molecule has 0 spiro atoms. The summed E-state index contributed by atoms with van der Waals surface area (Å²) in [7, 11) is 0. The van der Waals surface area contributed by atoms with Gasteiger partial charge in [0.05, 0.1) is 0 Å². The van der Waals surface area contributed by atoms with Crippen LogP contribution >= 0.6 is 23.4 Å². The summed E-state index contributed by atoms with van der Waals surface area (Å²) >= 11 is 7.15. The van der Waals surface area contributed by atoms with E-state index in [0.29, 0.717) is 12.3 Å². The van der Waals surface area contributed by atoms with E-state index in [0.717, 1.165) is 18.7 Å². The first-order valence-corrected chi connectivity index (χ1v) is 5.55. The molecule has 0 saturated carbocycles. The fraction of sp³-hybridized carbons (Fsp3) is 0.857. The molecular weight excluding hydrogens is 182 g/mol. The normalized spacial score (nSPS) is 9.64. The molecule has 0 atom stereocenters. The van der Waals surface area contributed by atoms with E-state index in [9.17, 15) is 4.79 Å².